The second kappa shape index (κ2) is 7.10. The van der Waals surface area contributed by atoms with Gasteiger partial charge in [-0.3, -0.25) is 0 Å². The zero-order chi connectivity index (χ0) is 16.4. The minimum Gasteiger partial charge on any atom is -0.391 e. The third kappa shape index (κ3) is 4.18. The summed E-state index contributed by atoms with van der Waals surface area (Å²) in [5, 5.41) is 13.9. The van der Waals surface area contributed by atoms with E-state index < -0.39 is 6.10 Å². The summed E-state index contributed by atoms with van der Waals surface area (Å²) in [7, 11) is 1.75. The fourth-order valence-electron chi connectivity index (χ4n) is 3.15. The fourth-order valence-corrected chi connectivity index (χ4v) is 3.28. The van der Waals surface area contributed by atoms with Gasteiger partial charge < -0.3 is 15.3 Å². The molecule has 4 nitrogen and oxygen atoms in total. The van der Waals surface area contributed by atoms with E-state index in [9.17, 15) is 9.90 Å². The van der Waals surface area contributed by atoms with E-state index in [0.29, 0.717) is 23.4 Å². The van der Waals surface area contributed by atoms with Crippen molar-refractivity contribution in [2.45, 2.75) is 44.2 Å². The van der Waals surface area contributed by atoms with Crippen LogP contribution in [0.5, 0.6) is 0 Å². The molecule has 0 heterocycles. The van der Waals surface area contributed by atoms with E-state index in [2.05, 4.69) is 5.32 Å². The Balaban J connectivity index is 1.62. The zero-order valence-corrected chi connectivity index (χ0v) is 14.3. The number of hydrogen-bond acceptors (Lipinski definition) is 2. The SMILES string of the molecule is CN(CC(O)C1CC1)C(=O)NC(c1ccc(Cl)cc1)C1CCC1. The largest absolute Gasteiger partial charge is 0.391 e. The number of carbonyl (C=O) groups is 1. The lowest BCUT2D eigenvalue weighted by atomic mass is 9.77. The molecule has 5 heteroatoms. The van der Waals surface area contributed by atoms with Crippen molar-refractivity contribution in [2.75, 3.05) is 13.6 Å². The lowest BCUT2D eigenvalue weighted by Gasteiger charge is -2.36. The standard InChI is InChI=1S/C18H25ClN2O2/c1-21(11-16(22)12-5-6-12)18(23)20-17(13-3-2-4-13)14-7-9-15(19)10-8-14/h7-10,12-13,16-17,22H,2-6,11H2,1H3,(H,20,23). The summed E-state index contributed by atoms with van der Waals surface area (Å²) < 4.78 is 0. The smallest absolute Gasteiger partial charge is 0.317 e. The molecule has 0 aromatic heterocycles. The van der Waals surface area contributed by atoms with Gasteiger partial charge in [0, 0.05) is 18.6 Å². The van der Waals surface area contributed by atoms with Gasteiger partial charge in [-0.25, -0.2) is 4.79 Å². The Morgan fingerprint density at radius 1 is 1.26 bits per heavy atom. The maximum Gasteiger partial charge on any atom is 0.317 e. The number of aliphatic hydroxyl groups is 1. The normalized spacial score (nSPS) is 20.5. The molecule has 2 saturated carbocycles. The molecule has 2 aliphatic carbocycles. The average molecular weight is 337 g/mol. The Labute approximate surface area is 142 Å². The van der Waals surface area contributed by atoms with Gasteiger partial charge in [-0.1, -0.05) is 30.2 Å². The summed E-state index contributed by atoms with van der Waals surface area (Å²) in [6.07, 6.45) is 5.26. The number of nitrogens with one attached hydrogen (secondary N) is 1. The molecule has 1 aromatic carbocycles. The molecular weight excluding hydrogens is 312 g/mol. The molecule has 2 aliphatic rings. The number of urea groups is 1. The molecule has 2 unspecified atom stereocenters. The van der Waals surface area contributed by atoms with Crippen LogP contribution in [0.2, 0.25) is 5.02 Å². The zero-order valence-electron chi connectivity index (χ0n) is 13.5. The van der Waals surface area contributed by atoms with E-state index in [-0.39, 0.29) is 12.1 Å². The first-order valence-corrected chi connectivity index (χ1v) is 8.87. The number of rotatable bonds is 6. The van der Waals surface area contributed by atoms with Gasteiger partial charge in [0.2, 0.25) is 0 Å². The van der Waals surface area contributed by atoms with Gasteiger partial charge in [0.05, 0.1) is 12.1 Å². The Morgan fingerprint density at radius 3 is 2.43 bits per heavy atom. The molecular formula is C18H25ClN2O2. The van der Waals surface area contributed by atoms with Crippen LogP contribution in [0.25, 0.3) is 0 Å². The summed E-state index contributed by atoms with van der Waals surface area (Å²) in [6.45, 7) is 0.397. The van der Waals surface area contributed by atoms with Crippen LogP contribution in [-0.2, 0) is 0 Å². The highest BCUT2D eigenvalue weighted by Crippen LogP contribution is 2.38. The van der Waals surface area contributed by atoms with Gasteiger partial charge in [0.1, 0.15) is 0 Å². The highest BCUT2D eigenvalue weighted by Gasteiger charge is 2.33. The maximum absolute atomic E-state index is 12.5. The highest BCUT2D eigenvalue weighted by atomic mass is 35.5. The maximum atomic E-state index is 12.5. The van der Waals surface area contributed by atoms with E-state index >= 15 is 0 Å². The summed E-state index contributed by atoms with van der Waals surface area (Å²) >= 11 is 5.97. The fraction of sp³-hybridized carbons (Fsp3) is 0.611. The number of amides is 2. The van der Waals surface area contributed by atoms with Gasteiger partial charge in [-0.15, -0.1) is 0 Å². The topological polar surface area (TPSA) is 52.6 Å². The molecule has 23 heavy (non-hydrogen) atoms. The first-order valence-electron chi connectivity index (χ1n) is 8.49. The van der Waals surface area contributed by atoms with Crippen LogP contribution in [0.3, 0.4) is 0 Å². The van der Waals surface area contributed by atoms with Crippen LogP contribution < -0.4 is 5.32 Å². The quantitative estimate of drug-likeness (QED) is 0.834. The molecule has 0 radical (unpaired) electrons. The van der Waals surface area contributed by atoms with Crippen molar-refractivity contribution in [2.24, 2.45) is 11.8 Å². The van der Waals surface area contributed by atoms with Gasteiger partial charge in [0.15, 0.2) is 0 Å². The van der Waals surface area contributed by atoms with Crippen LogP contribution in [0.4, 0.5) is 4.79 Å². The molecule has 3 rings (SSSR count). The molecule has 126 valence electrons. The first-order chi connectivity index (χ1) is 11.0. The summed E-state index contributed by atoms with van der Waals surface area (Å²) in [6, 6.07) is 7.63. The van der Waals surface area contributed by atoms with Gasteiger partial charge in [-0.05, 0) is 55.2 Å². The van der Waals surface area contributed by atoms with Crippen LogP contribution in [-0.4, -0.2) is 35.7 Å². The second-order valence-electron chi connectivity index (χ2n) is 6.95. The molecule has 2 atom stereocenters. The molecule has 2 fully saturated rings. The van der Waals surface area contributed by atoms with E-state index in [4.69, 9.17) is 11.6 Å². The number of aliphatic hydroxyl groups excluding tert-OH is 1. The Hall–Kier alpha value is -1.26. The van der Waals surface area contributed by atoms with E-state index in [0.717, 1.165) is 31.2 Å². The lowest BCUT2D eigenvalue weighted by molar-refractivity contribution is 0.110. The van der Waals surface area contributed by atoms with Crippen molar-refractivity contribution in [3.63, 3.8) is 0 Å². The third-order valence-electron chi connectivity index (χ3n) is 5.10. The summed E-state index contributed by atoms with van der Waals surface area (Å²) in [4.78, 5) is 14.1. The minimum atomic E-state index is -0.400. The predicted molar refractivity (Wildman–Crippen MR) is 91.4 cm³/mol. The minimum absolute atomic E-state index is 0.0223. The molecule has 1 aromatic rings. The van der Waals surface area contributed by atoms with Crippen LogP contribution in [0.1, 0.15) is 43.7 Å². The highest BCUT2D eigenvalue weighted by molar-refractivity contribution is 6.30. The number of hydrogen-bond donors (Lipinski definition) is 2. The van der Waals surface area contributed by atoms with Crippen LogP contribution in [0, 0.1) is 11.8 Å². The predicted octanol–water partition coefficient (Wildman–Crippen LogP) is 3.59. The molecule has 0 spiro atoms. The molecule has 0 bridgehead atoms. The van der Waals surface area contributed by atoms with Crippen molar-refractivity contribution in [3.8, 4) is 0 Å². The molecule has 2 amide bonds. The third-order valence-corrected chi connectivity index (χ3v) is 5.36. The van der Waals surface area contributed by atoms with Gasteiger partial charge >= 0.3 is 6.03 Å². The lowest BCUT2D eigenvalue weighted by Crippen LogP contribution is -2.45. The second-order valence-corrected chi connectivity index (χ2v) is 7.39. The monoisotopic (exact) mass is 336 g/mol. The van der Waals surface area contributed by atoms with Crippen molar-refractivity contribution >= 4 is 17.6 Å². The number of nitrogens with zero attached hydrogens (tertiary/aromatic N) is 1. The Kier molecular flexibility index (Phi) is 5.12. The van der Waals surface area contributed by atoms with E-state index in [1.807, 2.05) is 24.3 Å². The van der Waals surface area contributed by atoms with Crippen LogP contribution in [0.15, 0.2) is 24.3 Å². The summed E-state index contributed by atoms with van der Waals surface area (Å²) in [5.41, 5.74) is 1.10. The summed E-state index contributed by atoms with van der Waals surface area (Å²) in [5.74, 6) is 0.867. The van der Waals surface area contributed by atoms with Gasteiger partial charge in [0.25, 0.3) is 0 Å². The van der Waals surface area contributed by atoms with E-state index in [1.54, 1.807) is 11.9 Å². The van der Waals surface area contributed by atoms with Crippen molar-refractivity contribution in [1.29, 1.82) is 0 Å². The first kappa shape index (κ1) is 16.6. The Bertz CT molecular complexity index is 540. The van der Waals surface area contributed by atoms with Crippen molar-refractivity contribution < 1.29 is 9.90 Å². The van der Waals surface area contributed by atoms with Crippen molar-refractivity contribution in [1.82, 2.24) is 10.2 Å². The molecule has 0 saturated heterocycles. The average Bonchev–Trinajstić information content (AvgIpc) is 3.30. The van der Waals surface area contributed by atoms with Crippen molar-refractivity contribution in [3.05, 3.63) is 34.9 Å². The number of benzene rings is 1. The van der Waals surface area contributed by atoms with E-state index in [1.165, 1.54) is 6.42 Å². The van der Waals surface area contributed by atoms with Crippen LogP contribution >= 0.6 is 11.6 Å². The Morgan fingerprint density at radius 2 is 1.91 bits per heavy atom. The number of likely N-dealkylation sites (N-methyl/N-ethyl adjacent to an activating group) is 1. The molecule has 0 aliphatic heterocycles. The number of halogens is 1. The molecule has 2 N–H and O–H groups in total. The van der Waals surface area contributed by atoms with Gasteiger partial charge in [-0.2, -0.15) is 0 Å². The number of carbonyl (C=O) groups excluding carboxylic acids is 1.